The van der Waals surface area contributed by atoms with E-state index in [2.05, 4.69) is 26.1 Å². The van der Waals surface area contributed by atoms with E-state index in [4.69, 9.17) is 0 Å². The molecule has 0 aliphatic heterocycles. The summed E-state index contributed by atoms with van der Waals surface area (Å²) in [4.78, 5) is 35.1. The van der Waals surface area contributed by atoms with Gasteiger partial charge in [0.2, 0.25) is 5.91 Å². The Morgan fingerprint density at radius 3 is 1.55 bits per heavy atom. The van der Waals surface area contributed by atoms with Crippen LogP contribution in [0.15, 0.2) is 0 Å². The van der Waals surface area contributed by atoms with Gasteiger partial charge in [0.25, 0.3) is 0 Å². The van der Waals surface area contributed by atoms with Crippen LogP contribution in [0.4, 0.5) is 0 Å². The second kappa shape index (κ2) is 18.0. The highest BCUT2D eigenvalue weighted by Crippen LogP contribution is 2.61. The third-order valence-corrected chi connectivity index (χ3v) is 10.9. The summed E-state index contributed by atoms with van der Waals surface area (Å²) in [5.41, 5.74) is 0. The molecule has 0 aliphatic rings. The van der Waals surface area contributed by atoms with Crippen LogP contribution >= 0.6 is 7.26 Å². The van der Waals surface area contributed by atoms with E-state index in [0.717, 1.165) is 13.0 Å². The molecule has 0 unspecified atom stereocenters. The Bertz CT molecular complexity index is 443. The Balaban J connectivity index is 4.31. The fourth-order valence-electron chi connectivity index (χ4n) is 3.72. The lowest BCUT2D eigenvalue weighted by Crippen LogP contribution is -2.26. The monoisotopic (exact) mass is 428 g/mol. The molecule has 170 valence electrons. The first-order chi connectivity index (χ1) is 13.9. The minimum absolute atomic E-state index is 0.0191. The Hall–Kier alpha value is -0.760. The molecule has 1 N–H and O–H groups in total. The molecule has 4 nitrogen and oxygen atoms in total. The van der Waals surface area contributed by atoms with Crippen molar-refractivity contribution < 1.29 is 14.4 Å². The smallest absolute Gasteiger partial charge is 0.220 e. The van der Waals surface area contributed by atoms with Crippen LogP contribution < -0.4 is 5.32 Å². The molecule has 1 amide bonds. The maximum absolute atomic E-state index is 12.1. The van der Waals surface area contributed by atoms with E-state index in [9.17, 15) is 14.4 Å². The first-order valence-corrected chi connectivity index (χ1v) is 14.6. The average Bonchev–Trinajstić information content (AvgIpc) is 2.74. The van der Waals surface area contributed by atoms with E-state index in [1.54, 1.807) is 0 Å². The van der Waals surface area contributed by atoms with Gasteiger partial charge in [-0.25, -0.2) is 0 Å². The quantitative estimate of drug-likeness (QED) is 0.190. The molecule has 0 aromatic carbocycles. The van der Waals surface area contributed by atoms with Crippen molar-refractivity contribution in [3.8, 4) is 0 Å². The molecule has 0 aliphatic carbocycles. The largest absolute Gasteiger partial charge is 0.356 e. The number of hydrogen-bond donors (Lipinski definition) is 1. The Morgan fingerprint density at radius 1 is 0.621 bits per heavy atom. The molecule has 5 heteroatoms. The molecule has 0 aromatic rings. The van der Waals surface area contributed by atoms with Crippen LogP contribution in [0.2, 0.25) is 0 Å². The lowest BCUT2D eigenvalue weighted by atomic mass is 10.1. The van der Waals surface area contributed by atoms with Crippen LogP contribution in [-0.4, -0.2) is 48.7 Å². The number of rotatable bonds is 20. The number of amides is 1. The molecule has 0 radical (unpaired) electrons. The molecule has 0 bridgehead atoms. The van der Waals surface area contributed by atoms with Crippen molar-refractivity contribution in [2.75, 3.05) is 31.2 Å². The maximum atomic E-state index is 12.1. The van der Waals surface area contributed by atoms with Gasteiger partial charge in [-0.15, -0.1) is 0 Å². The van der Waals surface area contributed by atoms with Gasteiger partial charge in [-0.3, -0.25) is 14.4 Å². The second-order valence-electron chi connectivity index (χ2n) is 8.43. The summed E-state index contributed by atoms with van der Waals surface area (Å²) in [6.45, 7) is 9.40. The van der Waals surface area contributed by atoms with E-state index < -0.39 is 7.26 Å². The third kappa shape index (κ3) is 14.8. The maximum Gasteiger partial charge on any atom is 0.220 e. The first kappa shape index (κ1) is 28.2. The third-order valence-electron chi connectivity index (χ3n) is 5.80. The number of unbranched alkanes of at least 4 members (excludes halogenated alkanes) is 3. The zero-order valence-electron chi connectivity index (χ0n) is 19.7. The number of carbonyl (C=O) groups excluding carboxylic acids is 3. The summed E-state index contributed by atoms with van der Waals surface area (Å²) in [6.07, 6.45) is 16.0. The second-order valence-corrected chi connectivity index (χ2v) is 12.9. The lowest BCUT2D eigenvalue weighted by Gasteiger charge is -2.28. The SMILES string of the molecule is CCCC[P+](CCCC)(CCCC)CCCNC(=O)CCC(=O)CCC(=O)CC. The number of nitrogens with one attached hydrogen (secondary N) is 1. The highest BCUT2D eigenvalue weighted by atomic mass is 31.2. The van der Waals surface area contributed by atoms with Crippen LogP contribution in [0.25, 0.3) is 0 Å². The summed E-state index contributed by atoms with van der Waals surface area (Å²) in [5.74, 6) is 0.106. The van der Waals surface area contributed by atoms with E-state index in [-0.39, 0.29) is 36.7 Å². The van der Waals surface area contributed by atoms with Crippen molar-refractivity contribution in [1.29, 1.82) is 0 Å². The minimum Gasteiger partial charge on any atom is -0.356 e. The number of ketones is 2. The number of hydrogen-bond acceptors (Lipinski definition) is 3. The van der Waals surface area contributed by atoms with Gasteiger partial charge in [-0.1, -0.05) is 47.0 Å². The molecular formula is C24H47NO3P+. The molecule has 0 saturated heterocycles. The average molecular weight is 429 g/mol. The van der Waals surface area contributed by atoms with Crippen molar-refractivity contribution in [3.63, 3.8) is 0 Å². The van der Waals surface area contributed by atoms with Crippen LogP contribution in [-0.2, 0) is 14.4 Å². The van der Waals surface area contributed by atoms with Gasteiger partial charge in [0.1, 0.15) is 11.6 Å². The van der Waals surface area contributed by atoms with E-state index in [1.165, 1.54) is 63.2 Å². The first-order valence-electron chi connectivity index (χ1n) is 12.1. The van der Waals surface area contributed by atoms with Crippen molar-refractivity contribution in [1.82, 2.24) is 5.32 Å². The van der Waals surface area contributed by atoms with Crippen LogP contribution in [0, 0.1) is 0 Å². The van der Waals surface area contributed by atoms with Crippen molar-refractivity contribution in [3.05, 3.63) is 0 Å². The van der Waals surface area contributed by atoms with Gasteiger partial charge in [-0.2, -0.15) is 0 Å². The van der Waals surface area contributed by atoms with Gasteiger partial charge >= 0.3 is 0 Å². The standard InChI is InChI=1S/C24H46NO3P/c1-5-9-18-29(19-10-6-2,20-11-7-3)21-12-17-25-24(28)16-15-23(27)14-13-22(26)8-4/h5-21H2,1-4H3/p+1. The number of carbonyl (C=O) groups is 3. The van der Waals surface area contributed by atoms with E-state index >= 15 is 0 Å². The normalized spacial score (nSPS) is 11.4. The summed E-state index contributed by atoms with van der Waals surface area (Å²) in [6, 6.07) is 0. The summed E-state index contributed by atoms with van der Waals surface area (Å²) >= 11 is 0. The predicted molar refractivity (Wildman–Crippen MR) is 128 cm³/mol. The molecule has 0 spiro atoms. The molecule has 0 atom stereocenters. The molecule has 0 saturated carbocycles. The molecule has 0 fully saturated rings. The van der Waals surface area contributed by atoms with E-state index in [1.807, 2.05) is 6.92 Å². The van der Waals surface area contributed by atoms with Crippen LogP contribution in [0.3, 0.4) is 0 Å². The van der Waals surface area contributed by atoms with E-state index in [0.29, 0.717) is 12.8 Å². The Labute approximate surface area is 180 Å². The predicted octanol–water partition coefficient (Wildman–Crippen LogP) is 6.02. The van der Waals surface area contributed by atoms with Crippen molar-refractivity contribution in [2.24, 2.45) is 0 Å². The van der Waals surface area contributed by atoms with Gasteiger partial charge in [0.05, 0.1) is 24.6 Å². The summed E-state index contributed by atoms with van der Waals surface area (Å²) < 4.78 is 0. The Morgan fingerprint density at radius 2 is 1.07 bits per heavy atom. The van der Waals surface area contributed by atoms with Crippen LogP contribution in [0.5, 0.6) is 0 Å². The zero-order chi connectivity index (χ0) is 22.0. The lowest BCUT2D eigenvalue weighted by molar-refractivity contribution is -0.126. The van der Waals surface area contributed by atoms with Gasteiger partial charge in [0.15, 0.2) is 0 Å². The molecule has 29 heavy (non-hydrogen) atoms. The topological polar surface area (TPSA) is 63.2 Å². The van der Waals surface area contributed by atoms with Gasteiger partial charge < -0.3 is 5.32 Å². The molecule has 0 aromatic heterocycles. The summed E-state index contributed by atoms with van der Waals surface area (Å²) in [7, 11) is -0.896. The molecule has 0 heterocycles. The fourth-order valence-corrected chi connectivity index (χ4v) is 8.85. The molecule has 0 rings (SSSR count). The zero-order valence-corrected chi connectivity index (χ0v) is 20.6. The van der Waals surface area contributed by atoms with Gasteiger partial charge in [-0.05, 0) is 25.7 Å². The highest BCUT2D eigenvalue weighted by Gasteiger charge is 2.34. The van der Waals surface area contributed by atoms with Crippen LogP contribution in [0.1, 0.15) is 105 Å². The fraction of sp³-hybridized carbons (Fsp3) is 0.875. The summed E-state index contributed by atoms with van der Waals surface area (Å²) in [5, 5.41) is 3.01. The van der Waals surface area contributed by atoms with Crippen molar-refractivity contribution in [2.45, 2.75) is 105 Å². The van der Waals surface area contributed by atoms with Gasteiger partial charge in [0, 0.05) is 45.9 Å². The Kier molecular flexibility index (Phi) is 17.6. The van der Waals surface area contributed by atoms with Crippen molar-refractivity contribution >= 4 is 24.7 Å². The number of Topliss-reactive ketones (excluding diaryl/α,β-unsaturated/α-hetero) is 2. The molecular weight excluding hydrogens is 381 g/mol. The highest BCUT2D eigenvalue weighted by molar-refractivity contribution is 7.75. The minimum atomic E-state index is -0.896.